The maximum atomic E-state index is 13.6. The lowest BCUT2D eigenvalue weighted by molar-refractivity contribution is -0.184. The Balaban J connectivity index is 2.03. The van der Waals surface area contributed by atoms with Crippen LogP contribution in [0.5, 0.6) is 0 Å². The van der Waals surface area contributed by atoms with E-state index in [0.717, 1.165) is 5.56 Å². The average molecular weight is 485 g/mol. The van der Waals surface area contributed by atoms with Crippen molar-refractivity contribution in [2.45, 2.75) is 91.0 Å². The minimum atomic E-state index is -2.23. The van der Waals surface area contributed by atoms with Crippen molar-refractivity contribution in [3.63, 3.8) is 0 Å². The molecule has 0 saturated heterocycles. The standard InChI is InChI=1S/C28H40O5Si/c1-27(2,3)26(30)32-24-22(29)20-16-12-13-17-21(20)23(33-34(7,8)28(4,5)6)25(24)31-18-19-14-10-9-11-15-19/h9-16,21,23-25H,17-18H2,1-8H3/t21-,23-,24+,25+/m1/s1. The number of rotatable bonds is 6. The summed E-state index contributed by atoms with van der Waals surface area (Å²) in [5, 5.41) is -0.0234. The summed E-state index contributed by atoms with van der Waals surface area (Å²) in [6, 6.07) is 9.84. The average Bonchev–Trinajstić information content (AvgIpc) is 2.75. The van der Waals surface area contributed by atoms with Crippen molar-refractivity contribution >= 4 is 20.1 Å². The molecule has 2 aliphatic rings. The zero-order valence-corrected chi connectivity index (χ0v) is 22.9. The Labute approximate surface area is 205 Å². The number of ketones is 1. The predicted molar refractivity (Wildman–Crippen MR) is 137 cm³/mol. The zero-order valence-electron chi connectivity index (χ0n) is 21.9. The van der Waals surface area contributed by atoms with Gasteiger partial charge in [-0.25, -0.2) is 0 Å². The summed E-state index contributed by atoms with van der Waals surface area (Å²) in [6.45, 7) is 16.7. The molecule has 0 aromatic heterocycles. The highest BCUT2D eigenvalue weighted by molar-refractivity contribution is 6.74. The number of fused-ring (bicyclic) bond motifs is 1. The molecule has 0 unspecified atom stereocenters. The largest absolute Gasteiger partial charge is 0.451 e. The smallest absolute Gasteiger partial charge is 0.312 e. The molecule has 34 heavy (non-hydrogen) atoms. The third-order valence-corrected chi connectivity index (χ3v) is 11.6. The summed E-state index contributed by atoms with van der Waals surface area (Å²) >= 11 is 0. The molecular formula is C28H40O5Si. The number of Topliss-reactive ketones (excluding diaryl/α,β-unsaturated/α-hetero) is 1. The van der Waals surface area contributed by atoms with Crippen molar-refractivity contribution in [3.8, 4) is 0 Å². The van der Waals surface area contributed by atoms with Crippen LogP contribution in [0.4, 0.5) is 0 Å². The van der Waals surface area contributed by atoms with E-state index in [9.17, 15) is 9.59 Å². The molecule has 0 bridgehead atoms. The second-order valence-corrected chi connectivity index (χ2v) is 16.7. The minimum Gasteiger partial charge on any atom is -0.451 e. The van der Waals surface area contributed by atoms with Gasteiger partial charge < -0.3 is 13.9 Å². The van der Waals surface area contributed by atoms with Gasteiger partial charge in [0.2, 0.25) is 5.78 Å². The third kappa shape index (κ3) is 5.78. The van der Waals surface area contributed by atoms with Gasteiger partial charge in [0.25, 0.3) is 0 Å². The van der Waals surface area contributed by atoms with Gasteiger partial charge in [0, 0.05) is 11.5 Å². The monoisotopic (exact) mass is 484 g/mol. The number of allylic oxidation sites excluding steroid dienone is 3. The SMILES string of the molecule is CC(C)(C)C(=O)O[C@H]1C(=O)C2=CC=CC[C@H]2[C@@H](O[Si](C)(C)C(C)(C)C)[C@@H]1OCc1ccccc1. The molecule has 1 saturated carbocycles. The number of ether oxygens (including phenoxy) is 2. The van der Waals surface area contributed by atoms with Gasteiger partial charge in [-0.2, -0.15) is 0 Å². The van der Waals surface area contributed by atoms with Crippen LogP contribution in [-0.2, 0) is 30.1 Å². The van der Waals surface area contributed by atoms with E-state index in [-0.39, 0.29) is 16.7 Å². The second-order valence-electron chi connectivity index (χ2n) is 11.9. The van der Waals surface area contributed by atoms with E-state index in [2.05, 4.69) is 39.9 Å². The van der Waals surface area contributed by atoms with Gasteiger partial charge in [-0.1, -0.05) is 69.3 Å². The highest BCUT2D eigenvalue weighted by Crippen LogP contribution is 2.44. The Bertz CT molecular complexity index is 949. The molecule has 1 fully saturated rings. The van der Waals surface area contributed by atoms with Crippen molar-refractivity contribution in [1.29, 1.82) is 0 Å². The van der Waals surface area contributed by atoms with Crippen molar-refractivity contribution in [2.75, 3.05) is 0 Å². The summed E-state index contributed by atoms with van der Waals surface area (Å²) < 4.78 is 19.3. The van der Waals surface area contributed by atoms with Gasteiger partial charge in [0.1, 0.15) is 6.10 Å². The van der Waals surface area contributed by atoms with Crippen molar-refractivity contribution in [3.05, 3.63) is 59.7 Å². The summed E-state index contributed by atoms with van der Waals surface area (Å²) in [5.41, 5.74) is 0.918. The number of hydrogen-bond acceptors (Lipinski definition) is 5. The lowest BCUT2D eigenvalue weighted by Crippen LogP contribution is -2.60. The summed E-state index contributed by atoms with van der Waals surface area (Å²) in [4.78, 5) is 26.6. The highest BCUT2D eigenvalue weighted by Gasteiger charge is 2.53. The molecule has 1 aromatic rings. The van der Waals surface area contributed by atoms with E-state index in [4.69, 9.17) is 13.9 Å². The van der Waals surface area contributed by atoms with Crippen molar-refractivity contribution < 1.29 is 23.5 Å². The third-order valence-electron chi connectivity index (χ3n) is 7.13. The normalized spacial score (nSPS) is 25.5. The van der Waals surface area contributed by atoms with E-state index in [1.165, 1.54) is 0 Å². The van der Waals surface area contributed by atoms with Crippen LogP contribution in [0, 0.1) is 11.3 Å². The quantitative estimate of drug-likeness (QED) is 0.366. The fourth-order valence-corrected chi connectivity index (χ4v) is 5.30. The van der Waals surface area contributed by atoms with Crippen LogP contribution >= 0.6 is 0 Å². The Kier molecular flexibility index (Phi) is 7.75. The second kappa shape index (κ2) is 9.92. The first-order valence-electron chi connectivity index (χ1n) is 12.2. The highest BCUT2D eigenvalue weighted by atomic mass is 28.4. The van der Waals surface area contributed by atoms with E-state index in [1.54, 1.807) is 20.8 Å². The van der Waals surface area contributed by atoms with Crippen LogP contribution in [-0.4, -0.2) is 38.4 Å². The molecule has 186 valence electrons. The lowest BCUT2D eigenvalue weighted by Gasteiger charge is -2.48. The Hall–Kier alpha value is -2.02. The topological polar surface area (TPSA) is 61.8 Å². The Morgan fingerprint density at radius 2 is 1.68 bits per heavy atom. The maximum Gasteiger partial charge on any atom is 0.312 e. The number of carbonyl (C=O) groups excluding carboxylic acids is 2. The fourth-order valence-electron chi connectivity index (χ4n) is 3.97. The van der Waals surface area contributed by atoms with Gasteiger partial charge in [-0.3, -0.25) is 9.59 Å². The molecule has 0 spiro atoms. The molecular weight excluding hydrogens is 444 g/mol. The van der Waals surface area contributed by atoms with E-state index >= 15 is 0 Å². The molecule has 3 rings (SSSR count). The van der Waals surface area contributed by atoms with Crippen LogP contribution < -0.4 is 0 Å². The maximum absolute atomic E-state index is 13.6. The zero-order chi connectivity index (χ0) is 25.3. The minimum absolute atomic E-state index is 0.0234. The molecule has 4 atom stereocenters. The Morgan fingerprint density at radius 3 is 2.26 bits per heavy atom. The van der Waals surface area contributed by atoms with Gasteiger partial charge in [0.15, 0.2) is 14.4 Å². The first-order chi connectivity index (χ1) is 15.7. The number of benzene rings is 1. The summed E-state index contributed by atoms with van der Waals surface area (Å²) in [6.07, 6.45) is 4.39. The predicted octanol–water partition coefficient (Wildman–Crippen LogP) is 6.01. The van der Waals surface area contributed by atoms with Crippen LogP contribution in [0.15, 0.2) is 54.1 Å². The molecule has 6 heteroatoms. The molecule has 0 N–H and O–H groups in total. The van der Waals surface area contributed by atoms with Crippen LogP contribution in [0.3, 0.4) is 0 Å². The van der Waals surface area contributed by atoms with Gasteiger partial charge in [-0.05, 0) is 50.9 Å². The molecule has 0 aliphatic heterocycles. The van der Waals surface area contributed by atoms with E-state index in [1.807, 2.05) is 42.5 Å². The molecule has 2 aliphatic carbocycles. The van der Waals surface area contributed by atoms with Crippen molar-refractivity contribution in [2.24, 2.45) is 11.3 Å². The lowest BCUT2D eigenvalue weighted by atomic mass is 9.74. The molecule has 1 aromatic carbocycles. The van der Waals surface area contributed by atoms with Crippen LogP contribution in [0.2, 0.25) is 18.1 Å². The Morgan fingerprint density at radius 1 is 1.03 bits per heavy atom. The van der Waals surface area contributed by atoms with E-state index < -0.39 is 38.0 Å². The first kappa shape index (κ1) is 26.6. The first-order valence-corrected chi connectivity index (χ1v) is 15.1. The van der Waals surface area contributed by atoms with Crippen LogP contribution in [0.1, 0.15) is 53.5 Å². The van der Waals surface area contributed by atoms with Gasteiger partial charge in [0.05, 0.1) is 18.1 Å². The molecule has 0 radical (unpaired) electrons. The number of carbonyl (C=O) groups is 2. The summed E-state index contributed by atoms with van der Waals surface area (Å²) in [5.74, 6) is -0.729. The summed E-state index contributed by atoms with van der Waals surface area (Å²) in [7, 11) is -2.23. The molecule has 0 amide bonds. The van der Waals surface area contributed by atoms with Gasteiger partial charge >= 0.3 is 5.97 Å². The number of hydrogen-bond donors (Lipinski definition) is 0. The van der Waals surface area contributed by atoms with Crippen molar-refractivity contribution in [1.82, 2.24) is 0 Å². The fraction of sp³-hybridized carbons (Fsp3) is 0.571. The van der Waals surface area contributed by atoms with Crippen LogP contribution in [0.25, 0.3) is 0 Å². The molecule has 0 heterocycles. The number of esters is 1. The van der Waals surface area contributed by atoms with Gasteiger partial charge in [-0.15, -0.1) is 0 Å². The van der Waals surface area contributed by atoms with E-state index in [0.29, 0.717) is 18.6 Å². The molecule has 5 nitrogen and oxygen atoms in total.